The fourth-order valence-corrected chi connectivity index (χ4v) is 1.21. The normalized spacial score (nSPS) is 12.2. The summed E-state index contributed by atoms with van der Waals surface area (Å²) in [6.07, 6.45) is 0. The van der Waals surface area contributed by atoms with Crippen LogP contribution in [-0.2, 0) is 0 Å². The smallest absolute Gasteiger partial charge is 0.0978 e. The van der Waals surface area contributed by atoms with Crippen molar-refractivity contribution in [2.24, 2.45) is 4.99 Å². The molecule has 0 amide bonds. The molecule has 1 rings (SSSR count). The molecular formula is C11H15NO. The number of aliphatic hydroxyl groups excluding tert-OH is 1. The standard InChI is InChI=1S/C11H15NO/c1-9(2)12-11(8-13)10-6-4-3-5-7-10/h3-7,11,13H,8H2,1-2H3. The number of hydrogen-bond donors (Lipinski definition) is 1. The van der Waals surface area contributed by atoms with Gasteiger partial charge in [-0.05, 0) is 19.4 Å². The van der Waals surface area contributed by atoms with Crippen LogP contribution in [0.2, 0.25) is 0 Å². The van der Waals surface area contributed by atoms with Gasteiger partial charge >= 0.3 is 0 Å². The Labute approximate surface area is 78.9 Å². The Bertz CT molecular complexity index is 275. The van der Waals surface area contributed by atoms with Gasteiger partial charge in [-0.2, -0.15) is 0 Å². The highest BCUT2D eigenvalue weighted by Crippen LogP contribution is 2.16. The molecule has 70 valence electrons. The van der Waals surface area contributed by atoms with E-state index < -0.39 is 0 Å². The molecule has 1 N–H and O–H groups in total. The molecule has 0 aliphatic rings. The molecule has 0 saturated heterocycles. The largest absolute Gasteiger partial charge is 0.394 e. The number of nitrogens with zero attached hydrogens (tertiary/aromatic N) is 1. The van der Waals surface area contributed by atoms with Gasteiger partial charge in [0.1, 0.15) is 0 Å². The van der Waals surface area contributed by atoms with Gasteiger partial charge in [0.05, 0.1) is 12.6 Å². The van der Waals surface area contributed by atoms with Gasteiger partial charge in [-0.25, -0.2) is 0 Å². The third kappa shape index (κ3) is 2.99. The summed E-state index contributed by atoms with van der Waals surface area (Å²) >= 11 is 0. The summed E-state index contributed by atoms with van der Waals surface area (Å²) < 4.78 is 0. The van der Waals surface area contributed by atoms with Gasteiger partial charge in [0.15, 0.2) is 0 Å². The van der Waals surface area contributed by atoms with E-state index >= 15 is 0 Å². The summed E-state index contributed by atoms with van der Waals surface area (Å²) in [5.41, 5.74) is 2.05. The van der Waals surface area contributed by atoms with E-state index in [0.717, 1.165) is 11.3 Å². The first kappa shape index (κ1) is 9.93. The molecule has 13 heavy (non-hydrogen) atoms. The Balaban J connectivity index is 2.85. The van der Waals surface area contributed by atoms with E-state index in [1.165, 1.54) is 0 Å². The molecule has 1 aromatic rings. The molecule has 1 aromatic carbocycles. The Kier molecular flexibility index (Phi) is 3.65. The van der Waals surface area contributed by atoms with Crippen molar-refractivity contribution in [3.8, 4) is 0 Å². The quantitative estimate of drug-likeness (QED) is 0.705. The van der Waals surface area contributed by atoms with Crippen molar-refractivity contribution in [2.45, 2.75) is 19.9 Å². The van der Waals surface area contributed by atoms with Gasteiger partial charge in [0, 0.05) is 5.71 Å². The summed E-state index contributed by atoms with van der Waals surface area (Å²) in [7, 11) is 0. The van der Waals surface area contributed by atoms with Crippen LogP contribution in [0.25, 0.3) is 0 Å². The molecule has 0 saturated carbocycles. The van der Waals surface area contributed by atoms with E-state index in [1.54, 1.807) is 0 Å². The average molecular weight is 177 g/mol. The van der Waals surface area contributed by atoms with Crippen LogP contribution in [0, 0.1) is 0 Å². The molecule has 1 atom stereocenters. The van der Waals surface area contributed by atoms with Gasteiger partial charge in [0.25, 0.3) is 0 Å². The van der Waals surface area contributed by atoms with Gasteiger partial charge < -0.3 is 5.11 Å². The van der Waals surface area contributed by atoms with Crippen LogP contribution in [0.15, 0.2) is 35.3 Å². The molecule has 0 fully saturated rings. The molecular weight excluding hydrogens is 162 g/mol. The third-order valence-electron chi connectivity index (χ3n) is 1.77. The van der Waals surface area contributed by atoms with Crippen LogP contribution >= 0.6 is 0 Å². The fraction of sp³-hybridized carbons (Fsp3) is 0.364. The molecule has 0 aromatic heterocycles. The fourth-order valence-electron chi connectivity index (χ4n) is 1.21. The molecule has 0 spiro atoms. The van der Waals surface area contributed by atoms with Crippen LogP contribution in [0.1, 0.15) is 25.5 Å². The Morgan fingerprint density at radius 1 is 1.31 bits per heavy atom. The highest BCUT2D eigenvalue weighted by molar-refractivity contribution is 5.79. The van der Waals surface area contributed by atoms with E-state index in [1.807, 2.05) is 44.2 Å². The summed E-state index contributed by atoms with van der Waals surface area (Å²) in [6, 6.07) is 9.73. The Morgan fingerprint density at radius 3 is 2.38 bits per heavy atom. The summed E-state index contributed by atoms with van der Waals surface area (Å²) in [5, 5.41) is 9.12. The van der Waals surface area contributed by atoms with Crippen molar-refractivity contribution in [1.82, 2.24) is 0 Å². The van der Waals surface area contributed by atoms with E-state index in [9.17, 15) is 0 Å². The van der Waals surface area contributed by atoms with Crippen molar-refractivity contribution < 1.29 is 5.11 Å². The first-order chi connectivity index (χ1) is 6.24. The molecule has 1 unspecified atom stereocenters. The predicted octanol–water partition coefficient (Wildman–Crippen LogP) is 2.20. The van der Waals surface area contributed by atoms with Crippen molar-refractivity contribution in [3.05, 3.63) is 35.9 Å². The number of hydrogen-bond acceptors (Lipinski definition) is 2. The Hall–Kier alpha value is -1.15. The number of benzene rings is 1. The first-order valence-corrected chi connectivity index (χ1v) is 4.41. The molecule has 0 bridgehead atoms. The van der Waals surface area contributed by atoms with Gasteiger partial charge in [-0.15, -0.1) is 0 Å². The van der Waals surface area contributed by atoms with Crippen LogP contribution in [0.4, 0.5) is 0 Å². The second-order valence-corrected chi connectivity index (χ2v) is 3.19. The second kappa shape index (κ2) is 4.77. The minimum atomic E-state index is -0.105. The lowest BCUT2D eigenvalue weighted by Crippen LogP contribution is -2.02. The van der Waals surface area contributed by atoms with Crippen molar-refractivity contribution in [3.63, 3.8) is 0 Å². The van der Waals surface area contributed by atoms with Crippen molar-refractivity contribution in [2.75, 3.05) is 6.61 Å². The summed E-state index contributed by atoms with van der Waals surface area (Å²) in [6.45, 7) is 3.94. The Morgan fingerprint density at radius 2 is 1.92 bits per heavy atom. The predicted molar refractivity (Wildman–Crippen MR) is 55.1 cm³/mol. The lowest BCUT2D eigenvalue weighted by molar-refractivity contribution is 0.269. The highest BCUT2D eigenvalue weighted by atomic mass is 16.3. The highest BCUT2D eigenvalue weighted by Gasteiger charge is 2.06. The van der Waals surface area contributed by atoms with Gasteiger partial charge in [0.2, 0.25) is 0 Å². The second-order valence-electron chi connectivity index (χ2n) is 3.19. The lowest BCUT2D eigenvalue weighted by atomic mass is 10.1. The summed E-state index contributed by atoms with van der Waals surface area (Å²) in [5.74, 6) is 0. The van der Waals surface area contributed by atoms with Crippen molar-refractivity contribution in [1.29, 1.82) is 0 Å². The van der Waals surface area contributed by atoms with E-state index in [2.05, 4.69) is 4.99 Å². The maximum absolute atomic E-state index is 9.12. The molecule has 0 aliphatic carbocycles. The number of aliphatic imine (C=N–C) groups is 1. The molecule has 0 radical (unpaired) electrons. The van der Waals surface area contributed by atoms with E-state index in [4.69, 9.17) is 5.11 Å². The summed E-state index contributed by atoms with van der Waals surface area (Å²) in [4.78, 5) is 4.33. The van der Waals surface area contributed by atoms with Gasteiger partial charge in [-0.1, -0.05) is 30.3 Å². The third-order valence-corrected chi connectivity index (χ3v) is 1.77. The zero-order valence-electron chi connectivity index (χ0n) is 8.07. The minimum Gasteiger partial charge on any atom is -0.394 e. The maximum atomic E-state index is 9.12. The molecule has 2 nitrogen and oxygen atoms in total. The molecule has 0 heterocycles. The number of rotatable bonds is 3. The molecule has 2 heteroatoms. The average Bonchev–Trinajstić information content (AvgIpc) is 2.15. The van der Waals surface area contributed by atoms with Gasteiger partial charge in [-0.3, -0.25) is 4.99 Å². The molecule has 0 aliphatic heterocycles. The first-order valence-electron chi connectivity index (χ1n) is 4.41. The van der Waals surface area contributed by atoms with E-state index in [0.29, 0.717) is 0 Å². The van der Waals surface area contributed by atoms with Crippen LogP contribution in [-0.4, -0.2) is 17.4 Å². The SMILES string of the molecule is CC(C)=NC(CO)c1ccccc1. The van der Waals surface area contributed by atoms with Crippen molar-refractivity contribution >= 4 is 5.71 Å². The van der Waals surface area contributed by atoms with Crippen LogP contribution in [0.5, 0.6) is 0 Å². The zero-order valence-corrected chi connectivity index (χ0v) is 8.07. The van der Waals surface area contributed by atoms with E-state index in [-0.39, 0.29) is 12.6 Å². The topological polar surface area (TPSA) is 32.6 Å². The number of aliphatic hydroxyl groups is 1. The zero-order chi connectivity index (χ0) is 9.68. The maximum Gasteiger partial charge on any atom is 0.0978 e. The minimum absolute atomic E-state index is 0.0647. The van der Waals surface area contributed by atoms with Crippen LogP contribution in [0.3, 0.4) is 0 Å². The van der Waals surface area contributed by atoms with Crippen LogP contribution < -0.4 is 0 Å². The lowest BCUT2D eigenvalue weighted by Gasteiger charge is -2.09. The monoisotopic (exact) mass is 177 g/mol.